The summed E-state index contributed by atoms with van der Waals surface area (Å²) in [6.45, 7) is 6.35. The summed E-state index contributed by atoms with van der Waals surface area (Å²) >= 11 is 0. The van der Waals surface area contributed by atoms with Crippen LogP contribution < -0.4 is 0 Å². The van der Waals surface area contributed by atoms with E-state index in [0.29, 0.717) is 12.5 Å². The van der Waals surface area contributed by atoms with E-state index in [2.05, 4.69) is 6.92 Å². The molecule has 3 nitrogen and oxygen atoms in total. The van der Waals surface area contributed by atoms with Crippen LogP contribution in [0, 0.1) is 12.3 Å². The van der Waals surface area contributed by atoms with E-state index in [1.165, 1.54) is 0 Å². The number of guanidine groups is 1. The summed E-state index contributed by atoms with van der Waals surface area (Å²) in [5, 5.41) is 7.42. The number of nitrogens with one attached hydrogen (secondary N) is 1. The van der Waals surface area contributed by atoms with E-state index >= 15 is 0 Å². The molecule has 0 saturated carbocycles. The second-order valence-electron chi connectivity index (χ2n) is 2.23. The van der Waals surface area contributed by atoms with Crippen LogP contribution in [0.5, 0.6) is 0 Å². The monoisotopic (exact) mass is 126 g/mol. The fraction of sp³-hybridized carbons (Fsp3) is 0.667. The molecular weight excluding hydrogens is 114 g/mol. The third-order valence-electron chi connectivity index (χ3n) is 1.64. The Labute approximate surface area is 55.8 Å². The molecule has 0 aromatic rings. The van der Waals surface area contributed by atoms with Crippen LogP contribution in [0.4, 0.5) is 0 Å². The summed E-state index contributed by atoms with van der Waals surface area (Å²) in [6.07, 6.45) is 0. The maximum absolute atomic E-state index is 7.42. The predicted molar refractivity (Wildman–Crippen MR) is 37.3 cm³/mol. The topological polar surface area (TPSA) is 30.3 Å². The van der Waals surface area contributed by atoms with Crippen molar-refractivity contribution in [2.45, 2.75) is 0 Å². The molecule has 1 fully saturated rings. The van der Waals surface area contributed by atoms with Gasteiger partial charge in [0.2, 0.25) is 0 Å². The lowest BCUT2D eigenvalue weighted by atomic mass is 10.6. The van der Waals surface area contributed by atoms with Crippen LogP contribution in [-0.4, -0.2) is 42.4 Å². The first-order valence-electron chi connectivity index (χ1n) is 3.09. The quantitative estimate of drug-likeness (QED) is 0.536. The lowest BCUT2D eigenvalue weighted by Crippen LogP contribution is -2.29. The van der Waals surface area contributed by atoms with Crippen LogP contribution in [0.25, 0.3) is 0 Å². The van der Waals surface area contributed by atoms with Crippen LogP contribution in [0.1, 0.15) is 0 Å². The van der Waals surface area contributed by atoms with Gasteiger partial charge in [-0.15, -0.1) is 0 Å². The Hall–Kier alpha value is -0.730. The van der Waals surface area contributed by atoms with Crippen LogP contribution in [0.15, 0.2) is 0 Å². The molecule has 0 atom stereocenters. The second kappa shape index (κ2) is 2.25. The first-order valence-corrected chi connectivity index (χ1v) is 3.09. The molecule has 0 spiro atoms. The van der Waals surface area contributed by atoms with Gasteiger partial charge in [-0.05, 0) is 6.92 Å². The molecule has 0 aromatic heterocycles. The van der Waals surface area contributed by atoms with Gasteiger partial charge in [0, 0.05) is 26.7 Å². The molecule has 1 radical (unpaired) electrons. The number of nitrogens with zero attached hydrogens (tertiary/aromatic N) is 2. The van der Waals surface area contributed by atoms with Crippen LogP contribution in [0.3, 0.4) is 0 Å². The van der Waals surface area contributed by atoms with E-state index in [1.807, 2.05) is 16.8 Å². The Morgan fingerprint density at radius 3 is 2.56 bits per heavy atom. The summed E-state index contributed by atoms with van der Waals surface area (Å²) in [6, 6.07) is 0. The van der Waals surface area contributed by atoms with Gasteiger partial charge in [-0.3, -0.25) is 5.41 Å². The maximum Gasteiger partial charge on any atom is 0.193 e. The fourth-order valence-corrected chi connectivity index (χ4v) is 0.942. The summed E-state index contributed by atoms with van der Waals surface area (Å²) in [5.74, 6) is 0.602. The van der Waals surface area contributed by atoms with Gasteiger partial charge in [0.25, 0.3) is 0 Å². The van der Waals surface area contributed by atoms with Gasteiger partial charge >= 0.3 is 0 Å². The van der Waals surface area contributed by atoms with Crippen molar-refractivity contribution in [2.75, 3.05) is 26.7 Å². The van der Waals surface area contributed by atoms with Gasteiger partial charge in [-0.2, -0.15) is 0 Å². The molecule has 1 aliphatic rings. The first kappa shape index (κ1) is 6.39. The van der Waals surface area contributed by atoms with Gasteiger partial charge in [0.15, 0.2) is 5.96 Å². The predicted octanol–water partition coefficient (Wildman–Crippen LogP) is 0.00266. The van der Waals surface area contributed by atoms with Crippen LogP contribution in [-0.2, 0) is 0 Å². The molecule has 9 heavy (non-hydrogen) atoms. The highest BCUT2D eigenvalue weighted by Gasteiger charge is 2.18. The molecular formula is C6H12N3. The number of rotatable bonds is 1. The van der Waals surface area contributed by atoms with E-state index < -0.39 is 0 Å². The van der Waals surface area contributed by atoms with Crippen molar-refractivity contribution >= 4 is 5.96 Å². The van der Waals surface area contributed by atoms with E-state index in [1.54, 1.807) is 0 Å². The van der Waals surface area contributed by atoms with E-state index in [-0.39, 0.29) is 0 Å². The second-order valence-corrected chi connectivity index (χ2v) is 2.23. The van der Waals surface area contributed by atoms with E-state index in [0.717, 1.165) is 13.1 Å². The summed E-state index contributed by atoms with van der Waals surface area (Å²) in [5.41, 5.74) is 0. The minimum Gasteiger partial charge on any atom is -0.344 e. The SMILES string of the molecule is [CH2]CN1CCN(C)C1=N. The van der Waals surface area contributed by atoms with Gasteiger partial charge in [0.05, 0.1) is 0 Å². The number of hydrogen-bond donors (Lipinski definition) is 1. The normalized spacial score (nSPS) is 19.6. The van der Waals surface area contributed by atoms with Crippen LogP contribution in [0.2, 0.25) is 0 Å². The highest BCUT2D eigenvalue weighted by Crippen LogP contribution is 2.02. The third-order valence-corrected chi connectivity index (χ3v) is 1.64. The Morgan fingerprint density at radius 1 is 1.67 bits per heavy atom. The van der Waals surface area contributed by atoms with Gasteiger partial charge in [0.1, 0.15) is 0 Å². The van der Waals surface area contributed by atoms with Crippen molar-refractivity contribution < 1.29 is 0 Å². The molecule has 0 unspecified atom stereocenters. The molecule has 1 aliphatic heterocycles. The maximum atomic E-state index is 7.42. The molecule has 0 amide bonds. The van der Waals surface area contributed by atoms with Crippen molar-refractivity contribution in [3.05, 3.63) is 6.92 Å². The van der Waals surface area contributed by atoms with Gasteiger partial charge in [-0.25, -0.2) is 0 Å². The molecule has 1 saturated heterocycles. The first-order chi connectivity index (χ1) is 4.25. The average molecular weight is 126 g/mol. The van der Waals surface area contributed by atoms with Gasteiger partial charge in [-0.1, -0.05) is 0 Å². The van der Waals surface area contributed by atoms with Crippen molar-refractivity contribution in [3.8, 4) is 0 Å². The summed E-state index contributed by atoms with van der Waals surface area (Å²) in [4.78, 5) is 3.87. The summed E-state index contributed by atoms with van der Waals surface area (Å²) < 4.78 is 0. The molecule has 3 heteroatoms. The molecule has 1 heterocycles. The highest BCUT2D eigenvalue weighted by atomic mass is 15.4. The number of likely N-dealkylation sites (N-methyl/N-ethyl adjacent to an activating group) is 1. The standard InChI is InChI=1S/C6H12N3/c1-3-9-5-4-8(2)6(9)7/h7H,1,3-5H2,2H3. The summed E-state index contributed by atoms with van der Waals surface area (Å²) in [7, 11) is 1.93. The zero-order valence-corrected chi connectivity index (χ0v) is 5.72. The number of hydrogen-bond acceptors (Lipinski definition) is 1. The fourth-order valence-electron chi connectivity index (χ4n) is 0.942. The Balaban J connectivity index is 2.51. The van der Waals surface area contributed by atoms with Crippen molar-refractivity contribution in [3.63, 3.8) is 0 Å². The van der Waals surface area contributed by atoms with Gasteiger partial charge < -0.3 is 9.80 Å². The minimum absolute atomic E-state index is 0.602. The molecule has 0 aromatic carbocycles. The van der Waals surface area contributed by atoms with Crippen LogP contribution >= 0.6 is 0 Å². The minimum atomic E-state index is 0.602. The Morgan fingerprint density at radius 2 is 2.33 bits per heavy atom. The van der Waals surface area contributed by atoms with Crippen molar-refractivity contribution in [2.24, 2.45) is 0 Å². The lowest BCUT2D eigenvalue weighted by molar-refractivity contribution is 0.508. The molecule has 0 aliphatic carbocycles. The largest absolute Gasteiger partial charge is 0.344 e. The molecule has 51 valence electrons. The Kier molecular flexibility index (Phi) is 1.60. The van der Waals surface area contributed by atoms with E-state index in [9.17, 15) is 0 Å². The average Bonchev–Trinajstić information content (AvgIpc) is 2.15. The van der Waals surface area contributed by atoms with E-state index in [4.69, 9.17) is 5.41 Å². The molecule has 1 rings (SSSR count). The third kappa shape index (κ3) is 0.992. The molecule has 1 N–H and O–H groups in total. The highest BCUT2D eigenvalue weighted by molar-refractivity contribution is 5.78. The molecule has 0 bridgehead atoms. The zero-order chi connectivity index (χ0) is 6.85. The van der Waals surface area contributed by atoms with Crippen molar-refractivity contribution in [1.82, 2.24) is 9.80 Å². The zero-order valence-electron chi connectivity index (χ0n) is 5.72. The lowest BCUT2D eigenvalue weighted by Gasteiger charge is -2.15. The van der Waals surface area contributed by atoms with Crippen molar-refractivity contribution in [1.29, 1.82) is 5.41 Å². The smallest absolute Gasteiger partial charge is 0.193 e. The Bertz CT molecular complexity index is 121.